The lowest BCUT2D eigenvalue weighted by atomic mass is 9.89. The number of rotatable bonds is 5. The Morgan fingerprint density at radius 2 is 2.00 bits per heavy atom. The molecule has 1 rings (SSSR count). The molecule has 1 aromatic heterocycles. The second-order valence-corrected chi connectivity index (χ2v) is 7.32. The van der Waals surface area contributed by atoms with E-state index >= 15 is 0 Å². The van der Waals surface area contributed by atoms with Crippen LogP contribution in [0.15, 0.2) is 12.1 Å². The first-order valence-corrected chi connectivity index (χ1v) is 7.07. The van der Waals surface area contributed by atoms with E-state index in [-0.39, 0.29) is 11.5 Å². The lowest BCUT2D eigenvalue weighted by molar-refractivity contribution is 0.117. The summed E-state index contributed by atoms with van der Waals surface area (Å²) in [4.78, 5) is 2.68. The fourth-order valence-electron chi connectivity index (χ4n) is 1.88. The van der Waals surface area contributed by atoms with Gasteiger partial charge in [-0.1, -0.05) is 20.8 Å². The van der Waals surface area contributed by atoms with E-state index in [0.717, 1.165) is 6.42 Å². The third kappa shape index (κ3) is 5.66. The summed E-state index contributed by atoms with van der Waals surface area (Å²) in [6, 6.07) is 4.63. The minimum atomic E-state index is -0.265. The van der Waals surface area contributed by atoms with Gasteiger partial charge in [0.2, 0.25) is 0 Å². The van der Waals surface area contributed by atoms with Gasteiger partial charge in [0.25, 0.3) is 0 Å². The molecule has 1 aromatic rings. The highest BCUT2D eigenvalue weighted by atomic mass is 32.1. The maximum absolute atomic E-state index is 9.93. The second-order valence-electron chi connectivity index (χ2n) is 6.00. The van der Waals surface area contributed by atoms with Crippen molar-refractivity contribution in [3.8, 4) is 0 Å². The monoisotopic (exact) mass is 255 g/mol. The van der Waals surface area contributed by atoms with E-state index in [1.165, 1.54) is 9.75 Å². The largest absolute Gasteiger partial charge is 0.392 e. The van der Waals surface area contributed by atoms with Gasteiger partial charge in [-0.05, 0) is 37.8 Å². The molecule has 0 amide bonds. The van der Waals surface area contributed by atoms with Crippen molar-refractivity contribution in [1.82, 2.24) is 5.32 Å². The summed E-state index contributed by atoms with van der Waals surface area (Å²) in [6.07, 6.45) is 0.564. The lowest BCUT2D eigenvalue weighted by Crippen LogP contribution is -2.31. The quantitative estimate of drug-likeness (QED) is 0.844. The highest BCUT2D eigenvalue weighted by Crippen LogP contribution is 2.23. The maximum atomic E-state index is 9.93. The summed E-state index contributed by atoms with van der Waals surface area (Å²) in [6.45, 7) is 11.4. The van der Waals surface area contributed by atoms with Crippen LogP contribution in [0.3, 0.4) is 0 Å². The first-order valence-electron chi connectivity index (χ1n) is 6.26. The van der Waals surface area contributed by atoms with Crippen LogP contribution in [0.2, 0.25) is 0 Å². The van der Waals surface area contributed by atoms with Crippen LogP contribution in [0.5, 0.6) is 0 Å². The molecule has 0 aliphatic carbocycles. The van der Waals surface area contributed by atoms with E-state index < -0.39 is 0 Å². The molecule has 0 radical (unpaired) electrons. The zero-order valence-electron chi connectivity index (χ0n) is 11.6. The predicted molar refractivity (Wildman–Crippen MR) is 75.6 cm³/mol. The van der Waals surface area contributed by atoms with Gasteiger partial charge in [0.05, 0.1) is 6.10 Å². The highest BCUT2D eigenvalue weighted by molar-refractivity contribution is 7.12. The molecule has 0 bridgehead atoms. The van der Waals surface area contributed by atoms with E-state index in [9.17, 15) is 5.11 Å². The third-order valence-electron chi connectivity index (χ3n) is 2.70. The topological polar surface area (TPSA) is 32.3 Å². The zero-order chi connectivity index (χ0) is 13.1. The van der Waals surface area contributed by atoms with Gasteiger partial charge in [-0.15, -0.1) is 11.3 Å². The standard InChI is InChI=1S/C14H25NOS/c1-10-6-7-13(17-10)11(2)15-9-12(16)8-14(3,4)5/h6-7,11-12,15-16H,8-9H2,1-5H3. The normalized spacial score (nSPS) is 15.9. The highest BCUT2D eigenvalue weighted by Gasteiger charge is 2.17. The van der Waals surface area contributed by atoms with Crippen molar-refractivity contribution in [2.75, 3.05) is 6.54 Å². The number of aliphatic hydroxyl groups excluding tert-OH is 1. The van der Waals surface area contributed by atoms with Crippen LogP contribution in [0.1, 0.15) is 49.9 Å². The fraction of sp³-hybridized carbons (Fsp3) is 0.714. The Bertz CT molecular complexity index is 340. The van der Waals surface area contributed by atoms with E-state index in [2.05, 4.69) is 52.1 Å². The van der Waals surface area contributed by atoms with Crippen molar-refractivity contribution in [2.45, 2.75) is 53.2 Å². The molecule has 98 valence electrons. The predicted octanol–water partition coefficient (Wildman–Crippen LogP) is 3.50. The molecule has 0 saturated heterocycles. The number of aliphatic hydroxyl groups is 1. The van der Waals surface area contributed by atoms with Gasteiger partial charge in [-0.2, -0.15) is 0 Å². The Kier molecular flexibility index (Phi) is 5.17. The molecule has 0 spiro atoms. The first-order chi connectivity index (χ1) is 7.78. The van der Waals surface area contributed by atoms with Gasteiger partial charge >= 0.3 is 0 Å². The Morgan fingerprint density at radius 3 is 2.47 bits per heavy atom. The van der Waals surface area contributed by atoms with Crippen LogP contribution < -0.4 is 5.32 Å². The molecule has 0 aliphatic rings. The molecule has 2 unspecified atom stereocenters. The lowest BCUT2D eigenvalue weighted by Gasteiger charge is -2.23. The number of hydrogen-bond donors (Lipinski definition) is 2. The van der Waals surface area contributed by atoms with Crippen LogP contribution >= 0.6 is 11.3 Å². The first kappa shape index (κ1) is 14.7. The van der Waals surface area contributed by atoms with Gasteiger partial charge in [-0.3, -0.25) is 0 Å². The SMILES string of the molecule is Cc1ccc(C(C)NCC(O)CC(C)(C)C)s1. The Morgan fingerprint density at radius 1 is 1.35 bits per heavy atom. The Labute approximate surface area is 109 Å². The van der Waals surface area contributed by atoms with Crippen molar-refractivity contribution in [1.29, 1.82) is 0 Å². The van der Waals surface area contributed by atoms with Gasteiger partial charge in [0.1, 0.15) is 0 Å². The van der Waals surface area contributed by atoms with Gasteiger partial charge in [0, 0.05) is 22.3 Å². The van der Waals surface area contributed by atoms with Gasteiger partial charge in [0.15, 0.2) is 0 Å². The fourth-order valence-corrected chi connectivity index (χ4v) is 2.78. The minimum Gasteiger partial charge on any atom is -0.392 e. The number of thiophene rings is 1. The maximum Gasteiger partial charge on any atom is 0.0669 e. The van der Waals surface area contributed by atoms with Crippen molar-refractivity contribution in [3.05, 3.63) is 21.9 Å². The molecule has 2 atom stereocenters. The molecule has 3 heteroatoms. The zero-order valence-corrected chi connectivity index (χ0v) is 12.4. The Balaban J connectivity index is 2.35. The summed E-state index contributed by atoms with van der Waals surface area (Å²) in [5.41, 5.74) is 0.184. The summed E-state index contributed by atoms with van der Waals surface area (Å²) < 4.78 is 0. The average Bonchev–Trinajstić information content (AvgIpc) is 2.58. The number of aryl methyl sites for hydroxylation is 1. The summed E-state index contributed by atoms with van der Waals surface area (Å²) in [7, 11) is 0. The molecule has 0 aliphatic heterocycles. The molecule has 0 fully saturated rings. The van der Waals surface area contributed by atoms with E-state index in [4.69, 9.17) is 0 Å². The van der Waals surface area contributed by atoms with Crippen molar-refractivity contribution in [3.63, 3.8) is 0 Å². The van der Waals surface area contributed by atoms with Crippen molar-refractivity contribution in [2.24, 2.45) is 5.41 Å². The minimum absolute atomic E-state index is 0.184. The summed E-state index contributed by atoms with van der Waals surface area (Å²) in [5, 5.41) is 13.3. The van der Waals surface area contributed by atoms with E-state index in [1.54, 1.807) is 0 Å². The molecule has 17 heavy (non-hydrogen) atoms. The van der Waals surface area contributed by atoms with Gasteiger partial charge in [-0.25, -0.2) is 0 Å². The second kappa shape index (κ2) is 5.98. The van der Waals surface area contributed by atoms with Crippen molar-refractivity contribution < 1.29 is 5.11 Å². The van der Waals surface area contributed by atoms with Crippen LogP contribution in [0.25, 0.3) is 0 Å². The molecular formula is C14H25NOS. The van der Waals surface area contributed by atoms with Crippen LogP contribution in [-0.4, -0.2) is 17.8 Å². The summed E-state index contributed by atoms with van der Waals surface area (Å²) in [5.74, 6) is 0. The summed E-state index contributed by atoms with van der Waals surface area (Å²) >= 11 is 1.82. The van der Waals surface area contributed by atoms with Crippen LogP contribution in [0.4, 0.5) is 0 Å². The van der Waals surface area contributed by atoms with Crippen LogP contribution in [-0.2, 0) is 0 Å². The molecule has 0 saturated carbocycles. The van der Waals surface area contributed by atoms with E-state index in [0.29, 0.717) is 12.6 Å². The van der Waals surface area contributed by atoms with Gasteiger partial charge < -0.3 is 10.4 Å². The van der Waals surface area contributed by atoms with E-state index in [1.807, 2.05) is 11.3 Å². The molecular weight excluding hydrogens is 230 g/mol. The average molecular weight is 255 g/mol. The number of hydrogen-bond acceptors (Lipinski definition) is 3. The number of nitrogens with one attached hydrogen (secondary N) is 1. The molecule has 0 aromatic carbocycles. The third-order valence-corrected chi connectivity index (χ3v) is 3.88. The smallest absolute Gasteiger partial charge is 0.0669 e. The molecule has 1 heterocycles. The molecule has 2 N–H and O–H groups in total. The Hall–Kier alpha value is -0.380. The molecule has 2 nitrogen and oxygen atoms in total. The van der Waals surface area contributed by atoms with Crippen molar-refractivity contribution >= 4 is 11.3 Å². The van der Waals surface area contributed by atoms with Crippen LogP contribution in [0, 0.1) is 12.3 Å².